The molecule has 9 heteroatoms. The second-order valence-electron chi connectivity index (χ2n) is 4.39. The van der Waals surface area contributed by atoms with Crippen LogP contribution in [0.4, 0.5) is 5.82 Å². The zero-order valence-corrected chi connectivity index (χ0v) is 14.2. The minimum absolute atomic E-state index is 0. The molecule has 1 amide bonds. The van der Waals surface area contributed by atoms with Gasteiger partial charge in [-0.15, -0.1) is 24.8 Å². The number of halogens is 4. The molecule has 1 heterocycles. The number of hydrogen-bond donors (Lipinski definition) is 3. The van der Waals surface area contributed by atoms with E-state index in [0.29, 0.717) is 29.0 Å². The van der Waals surface area contributed by atoms with E-state index in [1.54, 1.807) is 19.9 Å². The molecule has 0 saturated carbocycles. The number of pyridine rings is 1. The lowest BCUT2D eigenvalue weighted by atomic mass is 10.1. The molecule has 0 radical (unpaired) electrons. The zero-order chi connectivity index (χ0) is 13.8. The molecule has 4 N–H and O–H groups in total. The van der Waals surface area contributed by atoms with Gasteiger partial charge in [-0.1, -0.05) is 23.2 Å². The number of carbonyl (C=O) groups excluding carboxylic acids is 1. The van der Waals surface area contributed by atoms with Crippen molar-refractivity contribution in [3.05, 3.63) is 22.3 Å². The third-order valence-corrected chi connectivity index (χ3v) is 2.59. The van der Waals surface area contributed by atoms with E-state index in [4.69, 9.17) is 28.9 Å². The van der Waals surface area contributed by atoms with Crippen molar-refractivity contribution in [1.29, 1.82) is 0 Å². The third kappa shape index (κ3) is 7.36. The van der Waals surface area contributed by atoms with Gasteiger partial charge in [0.05, 0.1) is 15.6 Å². The van der Waals surface area contributed by atoms with Gasteiger partial charge in [0.2, 0.25) is 5.91 Å². The number of nitrogens with zero attached hydrogens (tertiary/aromatic N) is 1. The van der Waals surface area contributed by atoms with Gasteiger partial charge in [0.25, 0.3) is 0 Å². The molecule has 0 saturated heterocycles. The van der Waals surface area contributed by atoms with Gasteiger partial charge in [0.15, 0.2) is 0 Å². The van der Waals surface area contributed by atoms with Gasteiger partial charge in [-0.05, 0) is 19.9 Å². The van der Waals surface area contributed by atoms with Crippen LogP contribution in [0.5, 0.6) is 0 Å². The lowest BCUT2D eigenvalue weighted by molar-refractivity contribution is -0.125. The highest BCUT2D eigenvalue weighted by atomic mass is 35.5. The first-order valence-corrected chi connectivity index (χ1v) is 6.18. The predicted molar refractivity (Wildman–Crippen MR) is 88.5 cm³/mol. The van der Waals surface area contributed by atoms with Crippen molar-refractivity contribution >= 4 is 59.7 Å². The van der Waals surface area contributed by atoms with Crippen LogP contribution in [0.15, 0.2) is 12.3 Å². The summed E-state index contributed by atoms with van der Waals surface area (Å²) in [5.74, 6) is 0.321. The van der Waals surface area contributed by atoms with Gasteiger partial charge >= 0.3 is 0 Å². The number of carbonyl (C=O) groups is 1. The summed E-state index contributed by atoms with van der Waals surface area (Å²) >= 11 is 11.7. The Morgan fingerprint density at radius 3 is 2.45 bits per heavy atom. The van der Waals surface area contributed by atoms with E-state index in [-0.39, 0.29) is 30.7 Å². The van der Waals surface area contributed by atoms with Crippen molar-refractivity contribution < 1.29 is 4.79 Å². The molecular weight excluding hydrogens is 346 g/mol. The molecule has 20 heavy (non-hydrogen) atoms. The summed E-state index contributed by atoms with van der Waals surface area (Å²) in [7, 11) is 0. The maximum atomic E-state index is 11.5. The first-order chi connectivity index (χ1) is 8.30. The van der Waals surface area contributed by atoms with Gasteiger partial charge in [-0.25, -0.2) is 4.98 Å². The average Bonchev–Trinajstić information content (AvgIpc) is 2.25. The van der Waals surface area contributed by atoms with Crippen LogP contribution in [0.2, 0.25) is 10.0 Å². The standard InChI is InChI=1S/C11H16Cl2N4O.2ClH/c1-11(2,14)10(18)16-4-3-15-9-8(13)5-7(12)6-17-9;;/h5-6H,3-4,14H2,1-2H3,(H,15,17)(H,16,18);2*1H. The number of aromatic nitrogens is 1. The Morgan fingerprint density at radius 2 is 1.95 bits per heavy atom. The van der Waals surface area contributed by atoms with E-state index >= 15 is 0 Å². The summed E-state index contributed by atoms with van der Waals surface area (Å²) in [6.07, 6.45) is 1.50. The van der Waals surface area contributed by atoms with Gasteiger partial charge in [0.1, 0.15) is 5.82 Å². The average molecular weight is 364 g/mol. The minimum Gasteiger partial charge on any atom is -0.367 e. The summed E-state index contributed by atoms with van der Waals surface area (Å²) < 4.78 is 0. The molecule has 0 bridgehead atoms. The second-order valence-corrected chi connectivity index (χ2v) is 5.23. The van der Waals surface area contributed by atoms with Gasteiger partial charge in [-0.2, -0.15) is 0 Å². The third-order valence-electron chi connectivity index (χ3n) is 2.10. The molecular formula is C11H18Cl4N4O. The molecule has 0 spiro atoms. The van der Waals surface area contributed by atoms with Crippen LogP contribution in [0.25, 0.3) is 0 Å². The lowest BCUT2D eigenvalue weighted by Gasteiger charge is -2.17. The Kier molecular flexibility index (Phi) is 10.3. The smallest absolute Gasteiger partial charge is 0.239 e. The summed E-state index contributed by atoms with van der Waals surface area (Å²) in [6, 6.07) is 1.60. The van der Waals surface area contributed by atoms with E-state index in [1.165, 1.54) is 6.20 Å². The Labute approximate surface area is 140 Å². The van der Waals surface area contributed by atoms with E-state index in [2.05, 4.69) is 15.6 Å². The first-order valence-electron chi connectivity index (χ1n) is 5.43. The molecule has 0 aliphatic heterocycles. The fourth-order valence-electron chi connectivity index (χ4n) is 1.13. The van der Waals surface area contributed by atoms with E-state index in [0.717, 1.165) is 0 Å². The first kappa shape index (κ1) is 21.8. The van der Waals surface area contributed by atoms with Crippen molar-refractivity contribution in [1.82, 2.24) is 10.3 Å². The summed E-state index contributed by atoms with van der Waals surface area (Å²) in [6.45, 7) is 4.22. The van der Waals surface area contributed by atoms with Crippen molar-refractivity contribution in [2.45, 2.75) is 19.4 Å². The van der Waals surface area contributed by atoms with Crippen LogP contribution < -0.4 is 16.4 Å². The van der Waals surface area contributed by atoms with Crippen molar-refractivity contribution in [2.75, 3.05) is 18.4 Å². The van der Waals surface area contributed by atoms with Crippen molar-refractivity contribution in [2.24, 2.45) is 5.73 Å². The van der Waals surface area contributed by atoms with Crippen molar-refractivity contribution in [3.63, 3.8) is 0 Å². The topological polar surface area (TPSA) is 80.0 Å². The summed E-state index contributed by atoms with van der Waals surface area (Å²) in [5, 5.41) is 6.60. The van der Waals surface area contributed by atoms with Crippen LogP contribution in [-0.4, -0.2) is 29.5 Å². The van der Waals surface area contributed by atoms with Crippen LogP contribution in [0.1, 0.15) is 13.8 Å². The number of amides is 1. The lowest BCUT2D eigenvalue weighted by Crippen LogP contribution is -2.50. The molecule has 0 unspecified atom stereocenters. The number of nitrogens with one attached hydrogen (secondary N) is 2. The van der Waals surface area contributed by atoms with E-state index in [1.807, 2.05) is 0 Å². The Hall–Kier alpha value is -0.460. The molecule has 0 atom stereocenters. The largest absolute Gasteiger partial charge is 0.367 e. The van der Waals surface area contributed by atoms with Crippen LogP contribution in [-0.2, 0) is 4.79 Å². The van der Waals surface area contributed by atoms with Gasteiger partial charge < -0.3 is 16.4 Å². The van der Waals surface area contributed by atoms with Crippen molar-refractivity contribution in [3.8, 4) is 0 Å². The predicted octanol–water partition coefficient (Wildman–Crippen LogP) is 2.50. The maximum Gasteiger partial charge on any atom is 0.239 e. The fourth-order valence-corrected chi connectivity index (χ4v) is 1.58. The number of hydrogen-bond acceptors (Lipinski definition) is 4. The molecule has 0 aromatic carbocycles. The Balaban J connectivity index is 0. The molecule has 1 aromatic rings. The van der Waals surface area contributed by atoms with Gasteiger partial charge in [-0.3, -0.25) is 4.79 Å². The maximum absolute atomic E-state index is 11.5. The molecule has 116 valence electrons. The molecule has 0 aliphatic carbocycles. The second kappa shape index (κ2) is 9.47. The number of anilines is 1. The number of nitrogens with two attached hydrogens (primary N) is 1. The Morgan fingerprint density at radius 1 is 1.35 bits per heavy atom. The quantitative estimate of drug-likeness (QED) is 0.702. The van der Waals surface area contributed by atoms with Gasteiger partial charge in [0, 0.05) is 19.3 Å². The molecule has 1 rings (SSSR count). The van der Waals surface area contributed by atoms with Crippen LogP contribution in [0, 0.1) is 0 Å². The fraction of sp³-hybridized carbons (Fsp3) is 0.455. The van der Waals surface area contributed by atoms with Crippen LogP contribution in [0.3, 0.4) is 0 Å². The van der Waals surface area contributed by atoms with Crippen LogP contribution >= 0.6 is 48.0 Å². The minimum atomic E-state index is -0.879. The highest BCUT2D eigenvalue weighted by Crippen LogP contribution is 2.21. The SMILES string of the molecule is CC(C)(N)C(=O)NCCNc1ncc(Cl)cc1Cl.Cl.Cl. The molecule has 1 aromatic heterocycles. The van der Waals surface area contributed by atoms with E-state index in [9.17, 15) is 4.79 Å². The molecule has 5 nitrogen and oxygen atoms in total. The highest BCUT2D eigenvalue weighted by molar-refractivity contribution is 6.35. The summed E-state index contributed by atoms with van der Waals surface area (Å²) in [5.41, 5.74) is 4.75. The highest BCUT2D eigenvalue weighted by Gasteiger charge is 2.20. The normalized spacial score (nSPS) is 10.1. The molecule has 0 aliphatic rings. The summed E-state index contributed by atoms with van der Waals surface area (Å²) in [4.78, 5) is 15.5. The Bertz CT molecular complexity index is 437. The van der Waals surface area contributed by atoms with E-state index < -0.39 is 5.54 Å². The zero-order valence-electron chi connectivity index (χ0n) is 11.1. The monoisotopic (exact) mass is 362 g/mol. The molecule has 0 fully saturated rings. The number of rotatable bonds is 5.